The van der Waals surface area contributed by atoms with Gasteiger partial charge in [0, 0.05) is 12.7 Å². The number of alkyl carbamates (subject to hydrolysis) is 1. The molecule has 1 amide bonds. The summed E-state index contributed by atoms with van der Waals surface area (Å²) in [5, 5.41) is 13.6. The summed E-state index contributed by atoms with van der Waals surface area (Å²) in [7, 11) is 0. The van der Waals surface area contributed by atoms with Crippen molar-refractivity contribution in [3.63, 3.8) is 0 Å². The van der Waals surface area contributed by atoms with Crippen molar-refractivity contribution >= 4 is 17.7 Å². The molecule has 1 atom stereocenters. The van der Waals surface area contributed by atoms with Gasteiger partial charge in [-0.3, -0.25) is 5.01 Å². The first-order valence-electron chi connectivity index (χ1n) is 7.94. The van der Waals surface area contributed by atoms with E-state index in [1.165, 1.54) is 0 Å². The second kappa shape index (κ2) is 7.83. The van der Waals surface area contributed by atoms with Gasteiger partial charge in [-0.25, -0.2) is 15.0 Å². The molecule has 1 aromatic carbocycles. The minimum absolute atomic E-state index is 0.340. The molecule has 0 spiro atoms. The number of carboxylic acid groups (broad SMARTS) is 1. The SMILES string of the molecule is CCCCOC(=O)NCc1cccc(N2C=CC(C)(C(=O)O)N2)c1. The van der Waals surface area contributed by atoms with Gasteiger partial charge in [0.2, 0.25) is 0 Å². The number of hydrazine groups is 1. The van der Waals surface area contributed by atoms with E-state index in [1.807, 2.05) is 31.2 Å². The second-order valence-corrected chi connectivity index (χ2v) is 5.82. The number of nitrogens with one attached hydrogen (secondary N) is 2. The first kappa shape index (κ1) is 17.8. The highest BCUT2D eigenvalue weighted by Crippen LogP contribution is 2.22. The van der Waals surface area contributed by atoms with Gasteiger partial charge in [-0.15, -0.1) is 0 Å². The first-order valence-corrected chi connectivity index (χ1v) is 7.94. The summed E-state index contributed by atoms with van der Waals surface area (Å²) in [5.74, 6) is -0.950. The maximum absolute atomic E-state index is 11.6. The van der Waals surface area contributed by atoms with Gasteiger partial charge in [0.1, 0.15) is 0 Å². The fraction of sp³-hybridized carbons (Fsp3) is 0.412. The minimum Gasteiger partial charge on any atom is -0.480 e. The maximum atomic E-state index is 11.6. The molecule has 1 aromatic rings. The van der Waals surface area contributed by atoms with Gasteiger partial charge in [0.15, 0.2) is 5.54 Å². The first-order chi connectivity index (χ1) is 11.4. The van der Waals surface area contributed by atoms with E-state index in [0.717, 1.165) is 24.1 Å². The van der Waals surface area contributed by atoms with Crippen LogP contribution in [0.1, 0.15) is 32.3 Å². The highest BCUT2D eigenvalue weighted by Gasteiger charge is 2.36. The average molecular weight is 333 g/mol. The number of carboxylic acids is 1. The standard InChI is InChI=1S/C17H23N3O4/c1-3-4-10-24-16(23)18-12-13-6-5-7-14(11-13)20-9-8-17(2,19-20)15(21)22/h5-9,11,19H,3-4,10,12H2,1-2H3,(H,18,23)(H,21,22). The zero-order valence-corrected chi connectivity index (χ0v) is 13.9. The highest BCUT2D eigenvalue weighted by molar-refractivity contribution is 5.82. The molecule has 0 fully saturated rings. The Bertz CT molecular complexity index is 632. The van der Waals surface area contributed by atoms with Gasteiger partial charge in [0.25, 0.3) is 0 Å². The van der Waals surface area contributed by atoms with Crippen LogP contribution in [0.25, 0.3) is 0 Å². The molecular formula is C17H23N3O4. The van der Waals surface area contributed by atoms with Crippen molar-refractivity contribution in [2.24, 2.45) is 0 Å². The number of aliphatic carboxylic acids is 1. The van der Waals surface area contributed by atoms with Crippen LogP contribution in [0.15, 0.2) is 36.5 Å². The molecule has 0 aliphatic carbocycles. The number of carbonyl (C=O) groups is 2. The molecule has 1 unspecified atom stereocenters. The van der Waals surface area contributed by atoms with Crippen LogP contribution in [-0.4, -0.2) is 29.3 Å². The molecule has 7 heteroatoms. The average Bonchev–Trinajstić information content (AvgIpc) is 2.97. The lowest BCUT2D eigenvalue weighted by Gasteiger charge is -2.24. The molecule has 0 saturated heterocycles. The fourth-order valence-electron chi connectivity index (χ4n) is 2.17. The van der Waals surface area contributed by atoms with E-state index in [9.17, 15) is 14.7 Å². The van der Waals surface area contributed by atoms with Crippen LogP contribution in [0.5, 0.6) is 0 Å². The summed E-state index contributed by atoms with van der Waals surface area (Å²) in [5.41, 5.74) is 3.47. The fourth-order valence-corrected chi connectivity index (χ4v) is 2.17. The minimum atomic E-state index is -1.13. The monoisotopic (exact) mass is 333 g/mol. The van der Waals surface area contributed by atoms with Crippen molar-refractivity contribution in [2.75, 3.05) is 11.6 Å². The summed E-state index contributed by atoms with van der Waals surface area (Å²) >= 11 is 0. The molecule has 1 heterocycles. The van der Waals surface area contributed by atoms with E-state index in [4.69, 9.17) is 4.74 Å². The van der Waals surface area contributed by atoms with Crippen LogP contribution in [0.3, 0.4) is 0 Å². The van der Waals surface area contributed by atoms with E-state index in [1.54, 1.807) is 24.2 Å². The van der Waals surface area contributed by atoms with Crippen molar-refractivity contribution in [3.8, 4) is 0 Å². The molecule has 0 radical (unpaired) electrons. The Kier molecular flexibility index (Phi) is 5.81. The molecule has 7 nitrogen and oxygen atoms in total. The van der Waals surface area contributed by atoms with E-state index in [2.05, 4.69) is 10.7 Å². The third-order valence-corrected chi connectivity index (χ3v) is 3.71. The van der Waals surface area contributed by atoms with Gasteiger partial charge in [-0.1, -0.05) is 25.5 Å². The second-order valence-electron chi connectivity index (χ2n) is 5.82. The molecular weight excluding hydrogens is 310 g/mol. The summed E-state index contributed by atoms with van der Waals surface area (Å²) in [4.78, 5) is 22.8. The van der Waals surface area contributed by atoms with Gasteiger partial charge >= 0.3 is 12.1 Å². The summed E-state index contributed by atoms with van der Waals surface area (Å²) in [6, 6.07) is 7.46. The number of anilines is 1. The van der Waals surface area contributed by atoms with Crippen LogP contribution >= 0.6 is 0 Å². The zero-order chi connectivity index (χ0) is 17.6. The van der Waals surface area contributed by atoms with Crippen molar-refractivity contribution in [3.05, 3.63) is 42.1 Å². The van der Waals surface area contributed by atoms with Crippen LogP contribution in [0.4, 0.5) is 10.5 Å². The molecule has 130 valence electrons. The Morgan fingerprint density at radius 2 is 2.21 bits per heavy atom. The van der Waals surface area contributed by atoms with E-state index in [0.29, 0.717) is 13.2 Å². The van der Waals surface area contributed by atoms with Crippen LogP contribution in [0, 0.1) is 0 Å². The van der Waals surface area contributed by atoms with Crippen LogP contribution in [-0.2, 0) is 16.1 Å². The molecule has 0 bridgehead atoms. The van der Waals surface area contributed by atoms with Crippen molar-refractivity contribution in [2.45, 2.75) is 38.8 Å². The van der Waals surface area contributed by atoms with E-state index >= 15 is 0 Å². The lowest BCUT2D eigenvalue weighted by Crippen LogP contribution is -2.50. The Morgan fingerprint density at radius 3 is 2.88 bits per heavy atom. The molecule has 1 aliphatic heterocycles. The van der Waals surface area contributed by atoms with Gasteiger partial charge in [-0.2, -0.15) is 0 Å². The number of amides is 1. The van der Waals surface area contributed by atoms with Gasteiger partial charge in [-0.05, 0) is 37.1 Å². The van der Waals surface area contributed by atoms with Gasteiger partial charge < -0.3 is 15.2 Å². The number of ether oxygens (including phenoxy) is 1. The molecule has 0 aromatic heterocycles. The maximum Gasteiger partial charge on any atom is 0.407 e. The number of hydrogen-bond donors (Lipinski definition) is 3. The Hall–Kier alpha value is -2.54. The number of benzene rings is 1. The quantitative estimate of drug-likeness (QED) is 0.664. The molecule has 0 saturated carbocycles. The predicted octanol–water partition coefficient (Wildman–Crippen LogP) is 2.39. The van der Waals surface area contributed by atoms with Crippen molar-refractivity contribution in [1.29, 1.82) is 0 Å². The zero-order valence-electron chi connectivity index (χ0n) is 13.9. The van der Waals surface area contributed by atoms with Crippen LogP contribution < -0.4 is 15.8 Å². The molecule has 1 aliphatic rings. The normalized spacial score (nSPS) is 19.3. The van der Waals surface area contributed by atoms with E-state index in [-0.39, 0.29) is 0 Å². The number of unbranched alkanes of at least 4 members (excludes halogenated alkanes) is 1. The van der Waals surface area contributed by atoms with Gasteiger partial charge in [0.05, 0.1) is 12.3 Å². The Balaban J connectivity index is 1.92. The topological polar surface area (TPSA) is 90.9 Å². The lowest BCUT2D eigenvalue weighted by atomic mass is 10.1. The largest absolute Gasteiger partial charge is 0.480 e. The molecule has 2 rings (SSSR count). The predicted molar refractivity (Wildman–Crippen MR) is 90.3 cm³/mol. The van der Waals surface area contributed by atoms with Crippen molar-refractivity contribution < 1.29 is 19.4 Å². The third-order valence-electron chi connectivity index (χ3n) is 3.71. The third kappa shape index (κ3) is 4.48. The van der Waals surface area contributed by atoms with Crippen LogP contribution in [0.2, 0.25) is 0 Å². The Morgan fingerprint density at radius 1 is 1.42 bits per heavy atom. The number of carbonyl (C=O) groups excluding carboxylic acids is 1. The highest BCUT2D eigenvalue weighted by atomic mass is 16.5. The summed E-state index contributed by atoms with van der Waals surface area (Å²) in [6.07, 6.45) is 4.65. The summed E-state index contributed by atoms with van der Waals surface area (Å²) < 4.78 is 5.04. The number of hydrogen-bond acceptors (Lipinski definition) is 5. The number of nitrogens with zero attached hydrogens (tertiary/aromatic N) is 1. The Labute approximate surface area is 141 Å². The number of rotatable bonds is 7. The lowest BCUT2D eigenvalue weighted by molar-refractivity contribution is -0.141. The van der Waals surface area contributed by atoms with Crippen molar-refractivity contribution in [1.82, 2.24) is 10.7 Å². The summed E-state index contributed by atoms with van der Waals surface area (Å²) in [6.45, 7) is 4.37. The molecule has 24 heavy (non-hydrogen) atoms. The molecule has 3 N–H and O–H groups in total. The smallest absolute Gasteiger partial charge is 0.407 e. The van der Waals surface area contributed by atoms with E-state index < -0.39 is 17.6 Å².